The highest BCUT2D eigenvalue weighted by Gasteiger charge is 2.31. The molecule has 0 saturated carbocycles. The van der Waals surface area contributed by atoms with Crippen LogP contribution in [0.4, 0.5) is 37.7 Å². The van der Waals surface area contributed by atoms with Gasteiger partial charge in [-0.05, 0) is 72.8 Å². The molecule has 2 aromatic rings. The molecular formula is C22H21F6IN2O3. The van der Waals surface area contributed by atoms with E-state index in [1.807, 2.05) is 22.6 Å². The molecule has 0 heterocycles. The lowest BCUT2D eigenvalue weighted by Crippen LogP contribution is -2.36. The monoisotopic (exact) mass is 602 g/mol. The lowest BCUT2D eigenvalue weighted by atomic mass is 10.1. The zero-order chi connectivity index (χ0) is 26.3. The van der Waals surface area contributed by atoms with E-state index in [9.17, 15) is 31.1 Å². The van der Waals surface area contributed by atoms with Crippen molar-refractivity contribution in [1.29, 1.82) is 0 Å². The summed E-state index contributed by atoms with van der Waals surface area (Å²) in [6.45, 7) is 2.84. The van der Waals surface area contributed by atoms with Crippen LogP contribution in [-0.4, -0.2) is 25.3 Å². The van der Waals surface area contributed by atoms with Crippen molar-refractivity contribution in [2.24, 2.45) is 0 Å². The molecule has 2 rings (SSSR count). The summed E-state index contributed by atoms with van der Waals surface area (Å²) in [7, 11) is 1.22. The molecule has 0 atom stereocenters. The molecule has 34 heavy (non-hydrogen) atoms. The first-order valence-electron chi connectivity index (χ1n) is 9.29. The number of nitrogens with two attached hydrogens (primary N) is 2. The van der Waals surface area contributed by atoms with Gasteiger partial charge in [0.05, 0.1) is 18.2 Å². The summed E-state index contributed by atoms with van der Waals surface area (Å²) < 4.78 is 84.3. The van der Waals surface area contributed by atoms with Crippen LogP contribution < -0.4 is 11.5 Å². The van der Waals surface area contributed by atoms with E-state index in [0.29, 0.717) is 3.57 Å². The van der Waals surface area contributed by atoms with Gasteiger partial charge in [0, 0.05) is 20.5 Å². The molecule has 0 bridgehead atoms. The Morgan fingerprint density at radius 3 is 1.97 bits per heavy atom. The van der Waals surface area contributed by atoms with E-state index in [1.165, 1.54) is 27.0 Å². The van der Waals surface area contributed by atoms with Crippen LogP contribution in [0.25, 0.3) is 0 Å². The highest BCUT2D eigenvalue weighted by Crippen LogP contribution is 2.32. The van der Waals surface area contributed by atoms with Crippen molar-refractivity contribution in [3.8, 4) is 11.8 Å². The first-order chi connectivity index (χ1) is 15.5. The molecule has 0 radical (unpaired) electrons. The Balaban J connectivity index is 0.000000404. The zero-order valence-electron chi connectivity index (χ0n) is 18.2. The summed E-state index contributed by atoms with van der Waals surface area (Å²) in [5.74, 6) is 4.46. The molecule has 0 aromatic heterocycles. The first-order valence-corrected chi connectivity index (χ1v) is 10.4. The number of alkyl halides is 6. The number of hydrogen-bond acceptors (Lipinski definition) is 5. The number of methoxy groups -OCH3 is 1. The molecule has 0 aliphatic heterocycles. The number of halogens is 7. The van der Waals surface area contributed by atoms with Crippen LogP contribution in [0.15, 0.2) is 36.4 Å². The summed E-state index contributed by atoms with van der Waals surface area (Å²) in [5.41, 5.74) is 8.50. The fourth-order valence-electron chi connectivity index (χ4n) is 2.21. The Labute approximate surface area is 205 Å². The van der Waals surface area contributed by atoms with Gasteiger partial charge in [-0.15, -0.1) is 0 Å². The van der Waals surface area contributed by atoms with E-state index in [-0.39, 0.29) is 23.5 Å². The van der Waals surface area contributed by atoms with Crippen molar-refractivity contribution >= 4 is 39.9 Å². The van der Waals surface area contributed by atoms with Gasteiger partial charge in [0.2, 0.25) is 0 Å². The van der Waals surface area contributed by atoms with Crippen LogP contribution in [0.3, 0.4) is 0 Å². The number of ether oxygens (including phenoxy) is 2. The minimum atomic E-state index is -4.46. The first kappa shape index (κ1) is 29.4. The van der Waals surface area contributed by atoms with Crippen LogP contribution in [-0.2, 0) is 26.6 Å². The highest BCUT2D eigenvalue weighted by atomic mass is 127. The van der Waals surface area contributed by atoms with Gasteiger partial charge in [0.15, 0.2) is 5.60 Å². The molecule has 0 fully saturated rings. The van der Waals surface area contributed by atoms with Crippen molar-refractivity contribution in [3.63, 3.8) is 0 Å². The Hall–Kier alpha value is -2.66. The highest BCUT2D eigenvalue weighted by molar-refractivity contribution is 14.1. The lowest BCUT2D eigenvalue weighted by Gasteiger charge is -2.20. The number of carbonyl (C=O) groups is 1. The third-order valence-corrected chi connectivity index (χ3v) is 5.09. The van der Waals surface area contributed by atoms with E-state index in [2.05, 4.69) is 16.6 Å². The standard InChI is InChI=1S/C15H16F3NO3.C7H5F3IN/c1-14(2,13(20)21-3)22-8-4-5-10-9-11(15(16,17)18)6-7-12(10)19;8-7(9,10)4-1-2-5(11)6(12)3-4/h6-7,9H,8,19H2,1-3H3;1-3H,12H2. The molecule has 0 unspecified atom stereocenters. The van der Waals surface area contributed by atoms with E-state index in [1.54, 1.807) is 0 Å². The molecular weight excluding hydrogens is 581 g/mol. The molecule has 0 spiro atoms. The number of rotatable bonds is 3. The van der Waals surface area contributed by atoms with Crippen LogP contribution in [0.5, 0.6) is 0 Å². The molecule has 0 aliphatic rings. The lowest BCUT2D eigenvalue weighted by molar-refractivity contribution is -0.163. The quantitative estimate of drug-likeness (QED) is 0.159. The predicted octanol–water partition coefficient (Wildman–Crippen LogP) is 5.50. The van der Waals surface area contributed by atoms with Crippen LogP contribution in [0, 0.1) is 15.4 Å². The van der Waals surface area contributed by atoms with Crippen molar-refractivity contribution in [1.82, 2.24) is 0 Å². The molecule has 5 nitrogen and oxygen atoms in total. The fraction of sp³-hybridized carbons (Fsp3) is 0.318. The van der Waals surface area contributed by atoms with E-state index < -0.39 is 35.0 Å². The second-order valence-corrected chi connectivity index (χ2v) is 8.29. The van der Waals surface area contributed by atoms with Gasteiger partial charge in [-0.25, -0.2) is 4.79 Å². The Morgan fingerprint density at radius 1 is 0.941 bits per heavy atom. The molecule has 2 aromatic carbocycles. The minimum absolute atomic E-state index is 0.0503. The van der Waals surface area contributed by atoms with Gasteiger partial charge in [-0.1, -0.05) is 11.8 Å². The van der Waals surface area contributed by atoms with Crippen molar-refractivity contribution < 1.29 is 40.6 Å². The summed E-state index contributed by atoms with van der Waals surface area (Å²) in [4.78, 5) is 11.4. The zero-order valence-corrected chi connectivity index (χ0v) is 20.4. The van der Waals surface area contributed by atoms with Crippen molar-refractivity contribution in [3.05, 3.63) is 56.7 Å². The third-order valence-electron chi connectivity index (χ3n) is 4.11. The van der Waals surface area contributed by atoms with Gasteiger partial charge < -0.3 is 20.9 Å². The number of anilines is 2. The number of hydrogen-bond donors (Lipinski definition) is 2. The fourth-order valence-corrected chi connectivity index (χ4v) is 2.55. The molecule has 186 valence electrons. The third kappa shape index (κ3) is 8.94. The number of carbonyl (C=O) groups excluding carboxylic acids is 1. The average Bonchev–Trinajstić information content (AvgIpc) is 2.72. The number of esters is 1. The summed E-state index contributed by atoms with van der Waals surface area (Å²) in [5, 5.41) is 0. The average molecular weight is 602 g/mol. The van der Waals surface area contributed by atoms with E-state index >= 15 is 0 Å². The number of nitrogen functional groups attached to an aromatic ring is 2. The van der Waals surface area contributed by atoms with Gasteiger partial charge >= 0.3 is 18.3 Å². The molecule has 4 N–H and O–H groups in total. The summed E-state index contributed by atoms with van der Waals surface area (Å²) in [6.07, 6.45) is -8.77. The van der Waals surface area contributed by atoms with Crippen LogP contribution in [0.1, 0.15) is 30.5 Å². The second-order valence-electron chi connectivity index (χ2n) is 7.13. The van der Waals surface area contributed by atoms with Gasteiger partial charge in [-0.2, -0.15) is 26.3 Å². The number of benzene rings is 2. The maximum atomic E-state index is 12.6. The van der Waals surface area contributed by atoms with Gasteiger partial charge in [0.25, 0.3) is 0 Å². The maximum Gasteiger partial charge on any atom is 0.416 e. The summed E-state index contributed by atoms with van der Waals surface area (Å²) in [6, 6.07) is 6.19. The van der Waals surface area contributed by atoms with Crippen molar-refractivity contribution in [2.75, 3.05) is 25.2 Å². The normalized spacial score (nSPS) is 11.6. The minimum Gasteiger partial charge on any atom is -0.467 e. The van der Waals surface area contributed by atoms with E-state index in [0.717, 1.165) is 30.3 Å². The smallest absolute Gasteiger partial charge is 0.416 e. The van der Waals surface area contributed by atoms with Crippen LogP contribution in [0.2, 0.25) is 0 Å². The Bertz CT molecular complexity index is 1070. The van der Waals surface area contributed by atoms with E-state index in [4.69, 9.17) is 16.2 Å². The molecule has 12 heteroatoms. The maximum absolute atomic E-state index is 12.6. The molecule has 0 saturated heterocycles. The second kappa shape index (κ2) is 11.7. The topological polar surface area (TPSA) is 87.6 Å². The van der Waals surface area contributed by atoms with Gasteiger partial charge in [0.1, 0.15) is 6.61 Å². The Morgan fingerprint density at radius 2 is 1.47 bits per heavy atom. The SMILES string of the molecule is COC(=O)C(C)(C)OCC#Cc1cc(C(F)(F)F)ccc1N.Nc1cc(C(F)(F)F)ccc1I. The van der Waals surface area contributed by atoms with Crippen LogP contribution >= 0.6 is 22.6 Å². The van der Waals surface area contributed by atoms with Gasteiger partial charge in [-0.3, -0.25) is 0 Å². The largest absolute Gasteiger partial charge is 0.467 e. The van der Waals surface area contributed by atoms with Crippen molar-refractivity contribution in [2.45, 2.75) is 31.8 Å². The summed E-state index contributed by atoms with van der Waals surface area (Å²) >= 11 is 1.88. The Kier molecular flexibility index (Phi) is 10.1. The predicted molar refractivity (Wildman–Crippen MR) is 123 cm³/mol. The molecule has 0 amide bonds. The molecule has 0 aliphatic carbocycles.